The molecule has 0 aliphatic heterocycles. The van der Waals surface area contributed by atoms with Crippen LogP contribution in [0.1, 0.15) is 27.0 Å². The van der Waals surface area contributed by atoms with Crippen LogP contribution in [0.5, 0.6) is 5.75 Å². The number of hydrogen-bond donors (Lipinski definition) is 0. The highest BCUT2D eigenvalue weighted by Crippen LogP contribution is 2.14. The van der Waals surface area contributed by atoms with Crippen molar-refractivity contribution in [2.24, 2.45) is 0 Å². The lowest BCUT2D eigenvalue weighted by Gasteiger charge is -2.08. The smallest absolute Gasteiger partial charge is 0.200 e. The molecule has 0 bridgehead atoms. The average molecular weight is 265 g/mol. The van der Waals surface area contributed by atoms with Crippen LogP contribution in [0.3, 0.4) is 0 Å². The number of nitrogens with zero attached hydrogens (tertiary/aromatic N) is 1. The zero-order chi connectivity index (χ0) is 14.5. The zero-order valence-electron chi connectivity index (χ0n) is 11.5. The molecule has 0 aromatic heterocycles. The molecular weight excluding hydrogens is 250 g/mol. The summed E-state index contributed by atoms with van der Waals surface area (Å²) in [4.78, 5) is 12.1. The van der Waals surface area contributed by atoms with Gasteiger partial charge in [0.05, 0.1) is 11.6 Å². The molecule has 0 amide bonds. The van der Waals surface area contributed by atoms with Crippen LogP contribution in [-0.4, -0.2) is 12.4 Å². The number of carbonyl (C=O) groups is 1. The second-order valence-electron chi connectivity index (χ2n) is 4.67. The molecule has 0 radical (unpaired) electrons. The summed E-state index contributed by atoms with van der Waals surface area (Å²) in [7, 11) is 0. The van der Waals surface area contributed by atoms with E-state index in [1.54, 1.807) is 24.3 Å². The molecule has 0 aliphatic rings. The summed E-state index contributed by atoms with van der Waals surface area (Å²) in [6.45, 7) is 3.91. The molecule has 0 saturated heterocycles. The van der Waals surface area contributed by atoms with E-state index in [1.165, 1.54) is 0 Å². The SMILES string of the molecule is Cc1ccc(C(=O)COc2ccc(C#N)cc2)c(C)c1. The van der Waals surface area contributed by atoms with Crippen LogP contribution in [0.25, 0.3) is 0 Å². The maximum Gasteiger partial charge on any atom is 0.200 e. The third kappa shape index (κ3) is 3.24. The molecule has 0 heterocycles. The lowest BCUT2D eigenvalue weighted by molar-refractivity contribution is 0.0921. The number of ether oxygens (including phenoxy) is 1. The van der Waals surface area contributed by atoms with E-state index in [4.69, 9.17) is 10.00 Å². The Kier molecular flexibility index (Phi) is 4.17. The van der Waals surface area contributed by atoms with Crippen LogP contribution in [0, 0.1) is 25.2 Å². The molecule has 0 aliphatic carbocycles. The van der Waals surface area contributed by atoms with Gasteiger partial charge in [-0.1, -0.05) is 23.8 Å². The van der Waals surface area contributed by atoms with Crippen molar-refractivity contribution >= 4 is 5.78 Å². The minimum absolute atomic E-state index is 0.00417. The molecule has 20 heavy (non-hydrogen) atoms. The van der Waals surface area contributed by atoms with E-state index in [-0.39, 0.29) is 12.4 Å². The lowest BCUT2D eigenvalue weighted by atomic mass is 10.0. The van der Waals surface area contributed by atoms with E-state index in [0.29, 0.717) is 16.9 Å². The van der Waals surface area contributed by atoms with Gasteiger partial charge in [-0.05, 0) is 43.7 Å². The van der Waals surface area contributed by atoms with Gasteiger partial charge in [-0.25, -0.2) is 0 Å². The first-order valence-electron chi connectivity index (χ1n) is 6.33. The summed E-state index contributed by atoms with van der Waals surface area (Å²) < 4.78 is 5.45. The Morgan fingerprint density at radius 1 is 1.15 bits per heavy atom. The maximum atomic E-state index is 12.1. The van der Waals surface area contributed by atoms with Crippen LogP contribution in [0.15, 0.2) is 42.5 Å². The zero-order valence-corrected chi connectivity index (χ0v) is 11.5. The standard InChI is InChI=1S/C17H15NO2/c1-12-3-8-16(13(2)9-12)17(19)11-20-15-6-4-14(10-18)5-7-15/h3-9H,11H2,1-2H3. The molecule has 0 fully saturated rings. The van der Waals surface area contributed by atoms with Crippen LogP contribution >= 0.6 is 0 Å². The van der Waals surface area contributed by atoms with Gasteiger partial charge >= 0.3 is 0 Å². The molecule has 0 unspecified atom stereocenters. The first-order valence-corrected chi connectivity index (χ1v) is 6.33. The summed E-state index contributed by atoms with van der Waals surface area (Å²) >= 11 is 0. The monoisotopic (exact) mass is 265 g/mol. The molecular formula is C17H15NO2. The number of rotatable bonds is 4. The van der Waals surface area contributed by atoms with E-state index in [1.807, 2.05) is 38.1 Å². The van der Waals surface area contributed by atoms with E-state index < -0.39 is 0 Å². The maximum absolute atomic E-state index is 12.1. The Labute approximate surface area is 118 Å². The summed E-state index contributed by atoms with van der Waals surface area (Å²) in [5, 5.41) is 8.70. The van der Waals surface area contributed by atoms with Crippen LogP contribution in [-0.2, 0) is 0 Å². The second kappa shape index (κ2) is 6.03. The third-order valence-corrected chi connectivity index (χ3v) is 3.04. The van der Waals surface area contributed by atoms with E-state index >= 15 is 0 Å². The van der Waals surface area contributed by atoms with Crippen LogP contribution < -0.4 is 4.74 Å². The minimum atomic E-state index is -0.0492. The number of Topliss-reactive ketones (excluding diaryl/α,β-unsaturated/α-hetero) is 1. The number of hydrogen-bond acceptors (Lipinski definition) is 3. The molecule has 3 heteroatoms. The van der Waals surface area contributed by atoms with E-state index in [0.717, 1.165) is 11.1 Å². The summed E-state index contributed by atoms with van der Waals surface area (Å²) in [6.07, 6.45) is 0. The first-order chi connectivity index (χ1) is 9.60. The molecule has 0 atom stereocenters. The van der Waals surface area contributed by atoms with Gasteiger partial charge in [-0.3, -0.25) is 4.79 Å². The summed E-state index contributed by atoms with van der Waals surface area (Å²) in [5.74, 6) is 0.536. The van der Waals surface area contributed by atoms with E-state index in [9.17, 15) is 4.79 Å². The van der Waals surface area contributed by atoms with Gasteiger partial charge in [0.25, 0.3) is 0 Å². The Hall–Kier alpha value is -2.60. The fraction of sp³-hybridized carbons (Fsp3) is 0.176. The Bertz CT molecular complexity index is 666. The van der Waals surface area contributed by atoms with Gasteiger partial charge in [0.1, 0.15) is 5.75 Å². The van der Waals surface area contributed by atoms with Gasteiger partial charge in [-0.2, -0.15) is 5.26 Å². The Balaban J connectivity index is 2.03. The van der Waals surface area contributed by atoms with Gasteiger partial charge in [0.15, 0.2) is 12.4 Å². The highest BCUT2D eigenvalue weighted by molar-refractivity contribution is 5.98. The van der Waals surface area contributed by atoms with Gasteiger partial charge in [0, 0.05) is 5.56 Å². The quantitative estimate of drug-likeness (QED) is 0.796. The molecule has 3 nitrogen and oxygen atoms in total. The fourth-order valence-electron chi connectivity index (χ4n) is 1.98. The van der Waals surface area contributed by atoms with Crippen molar-refractivity contribution in [3.05, 3.63) is 64.7 Å². The number of aryl methyl sites for hydroxylation is 2. The van der Waals surface area contributed by atoms with Crippen molar-refractivity contribution < 1.29 is 9.53 Å². The highest BCUT2D eigenvalue weighted by Gasteiger charge is 2.09. The van der Waals surface area contributed by atoms with Crippen molar-refractivity contribution in [1.82, 2.24) is 0 Å². The van der Waals surface area contributed by atoms with Crippen molar-refractivity contribution in [3.63, 3.8) is 0 Å². The van der Waals surface area contributed by atoms with Crippen molar-refractivity contribution in [2.75, 3.05) is 6.61 Å². The van der Waals surface area contributed by atoms with Crippen molar-refractivity contribution in [1.29, 1.82) is 5.26 Å². The van der Waals surface area contributed by atoms with Crippen LogP contribution in [0.2, 0.25) is 0 Å². The first kappa shape index (κ1) is 13.8. The summed E-state index contributed by atoms with van der Waals surface area (Å²) in [6, 6.07) is 14.5. The number of nitriles is 1. The van der Waals surface area contributed by atoms with Crippen LogP contribution in [0.4, 0.5) is 0 Å². The molecule has 0 spiro atoms. The molecule has 0 saturated carbocycles. The molecule has 2 aromatic rings. The molecule has 2 aromatic carbocycles. The van der Waals surface area contributed by atoms with E-state index in [2.05, 4.69) is 0 Å². The molecule has 0 N–H and O–H groups in total. The second-order valence-corrected chi connectivity index (χ2v) is 4.67. The Morgan fingerprint density at radius 2 is 1.85 bits per heavy atom. The third-order valence-electron chi connectivity index (χ3n) is 3.04. The van der Waals surface area contributed by atoms with Gasteiger partial charge < -0.3 is 4.74 Å². The van der Waals surface area contributed by atoms with Gasteiger partial charge in [-0.15, -0.1) is 0 Å². The van der Waals surface area contributed by atoms with Gasteiger partial charge in [0.2, 0.25) is 0 Å². The van der Waals surface area contributed by atoms with Crippen molar-refractivity contribution in [3.8, 4) is 11.8 Å². The lowest BCUT2D eigenvalue weighted by Crippen LogP contribution is -2.13. The summed E-state index contributed by atoms with van der Waals surface area (Å²) in [5.41, 5.74) is 3.34. The predicted octanol–water partition coefficient (Wildman–Crippen LogP) is 3.44. The average Bonchev–Trinajstić information content (AvgIpc) is 2.45. The number of carbonyl (C=O) groups excluding carboxylic acids is 1. The normalized spacial score (nSPS) is 9.85. The highest BCUT2D eigenvalue weighted by atomic mass is 16.5. The Morgan fingerprint density at radius 3 is 2.45 bits per heavy atom. The number of benzene rings is 2. The largest absolute Gasteiger partial charge is 0.485 e. The molecule has 100 valence electrons. The van der Waals surface area contributed by atoms with Crippen molar-refractivity contribution in [2.45, 2.75) is 13.8 Å². The molecule has 2 rings (SSSR count). The topological polar surface area (TPSA) is 50.1 Å². The fourth-order valence-corrected chi connectivity index (χ4v) is 1.98. The number of ketones is 1. The predicted molar refractivity (Wildman–Crippen MR) is 76.9 cm³/mol. The minimum Gasteiger partial charge on any atom is -0.485 e.